The van der Waals surface area contributed by atoms with Crippen molar-refractivity contribution in [1.29, 1.82) is 0 Å². The van der Waals surface area contributed by atoms with Gasteiger partial charge in [-0.2, -0.15) is 0 Å². The molecule has 0 bridgehead atoms. The molecule has 3 aromatic rings. The molecule has 12 nitrogen and oxygen atoms in total. The maximum absolute atomic E-state index is 14.0. The Balaban J connectivity index is 1.19. The van der Waals surface area contributed by atoms with Crippen LogP contribution in [0.1, 0.15) is 53.6 Å². The number of carboxylic acids is 1. The van der Waals surface area contributed by atoms with E-state index in [2.05, 4.69) is 15.3 Å². The number of hydrogen-bond acceptors (Lipinski definition) is 9. The Labute approximate surface area is 313 Å². The lowest BCUT2D eigenvalue weighted by Crippen LogP contribution is -2.55. The fraction of sp³-hybridized carbons (Fsp3) is 0.474. The van der Waals surface area contributed by atoms with E-state index in [0.29, 0.717) is 84.8 Å². The molecule has 3 aliphatic rings. The Kier molecular flexibility index (Phi) is 11.5. The number of benzene rings is 2. The first-order chi connectivity index (χ1) is 25.0. The smallest absolute Gasteiger partial charge is 0.307 e. The third-order valence-corrected chi connectivity index (χ3v) is 11.9. The van der Waals surface area contributed by atoms with Crippen molar-refractivity contribution < 1.29 is 33.7 Å². The van der Waals surface area contributed by atoms with E-state index in [0.717, 1.165) is 30.5 Å². The summed E-state index contributed by atoms with van der Waals surface area (Å²) >= 11 is 12.9. The second-order valence-electron chi connectivity index (χ2n) is 13.9. The van der Waals surface area contributed by atoms with Crippen molar-refractivity contribution >= 4 is 41.0 Å². The maximum Gasteiger partial charge on any atom is 0.307 e. The van der Waals surface area contributed by atoms with E-state index in [1.807, 2.05) is 35.2 Å². The molecule has 3 saturated heterocycles. The molecular formula is C38H45Cl2N5O7. The quantitative estimate of drug-likeness (QED) is 0.259. The average molecular weight is 755 g/mol. The number of halogens is 2. The summed E-state index contributed by atoms with van der Waals surface area (Å²) in [5, 5.41) is 12.1. The summed E-state index contributed by atoms with van der Waals surface area (Å²) in [6.07, 6.45) is 6.57. The summed E-state index contributed by atoms with van der Waals surface area (Å²) in [6, 6.07) is 12.9. The van der Waals surface area contributed by atoms with Gasteiger partial charge in [-0.25, -0.2) is 5.01 Å². The van der Waals surface area contributed by atoms with Gasteiger partial charge >= 0.3 is 5.97 Å². The second-order valence-corrected chi connectivity index (χ2v) is 14.7. The van der Waals surface area contributed by atoms with Gasteiger partial charge in [-0.05, 0) is 99.3 Å². The molecule has 2 N–H and O–H groups in total. The number of aliphatic carboxylic acids is 1. The number of hydrogen-bond donors (Lipinski definition) is 2. The first kappa shape index (κ1) is 37.7. The van der Waals surface area contributed by atoms with Gasteiger partial charge in [-0.15, -0.1) is 0 Å². The Morgan fingerprint density at radius 1 is 0.885 bits per heavy atom. The molecule has 2 aromatic carbocycles. The zero-order valence-corrected chi connectivity index (χ0v) is 31.2. The number of rotatable bonds is 12. The number of pyridine rings is 1. The number of aromatic nitrogens is 1. The molecule has 2 amide bonds. The lowest BCUT2D eigenvalue weighted by atomic mass is 9.72. The first-order valence-corrected chi connectivity index (χ1v) is 18.2. The first-order valence-electron chi connectivity index (χ1n) is 17.5. The monoisotopic (exact) mass is 753 g/mol. The van der Waals surface area contributed by atoms with Crippen LogP contribution in [0, 0.1) is 5.92 Å². The number of piperidine rings is 1. The summed E-state index contributed by atoms with van der Waals surface area (Å²) in [5.41, 5.74) is 4.25. The van der Waals surface area contributed by atoms with Crippen molar-refractivity contribution in [3.05, 3.63) is 81.6 Å². The van der Waals surface area contributed by atoms with E-state index in [-0.39, 0.29) is 18.4 Å². The minimum Gasteiger partial charge on any atom is -0.493 e. The fourth-order valence-electron chi connectivity index (χ4n) is 8.01. The van der Waals surface area contributed by atoms with Crippen LogP contribution in [-0.4, -0.2) is 110 Å². The highest BCUT2D eigenvalue weighted by Crippen LogP contribution is 2.43. The molecule has 0 spiro atoms. The molecule has 52 heavy (non-hydrogen) atoms. The normalized spacial score (nSPS) is 21.9. The van der Waals surface area contributed by atoms with Crippen LogP contribution < -0.4 is 19.6 Å². The average Bonchev–Trinajstić information content (AvgIpc) is 3.83. The Hall–Kier alpha value is -4.10. The number of amides is 2. The van der Waals surface area contributed by atoms with Gasteiger partial charge in [0.05, 0.1) is 42.7 Å². The molecule has 3 aliphatic heterocycles. The lowest BCUT2D eigenvalue weighted by molar-refractivity contribution is -0.142. The summed E-state index contributed by atoms with van der Waals surface area (Å²) in [7, 11) is 4.57. The van der Waals surface area contributed by atoms with Gasteiger partial charge in [0, 0.05) is 49.6 Å². The number of hydrazine groups is 1. The van der Waals surface area contributed by atoms with Gasteiger partial charge in [0.15, 0.2) is 11.5 Å². The third-order valence-electron chi connectivity index (χ3n) is 11.2. The number of nitrogens with zero attached hydrogens (tertiary/aromatic N) is 4. The van der Waals surface area contributed by atoms with Crippen molar-refractivity contribution in [3.63, 3.8) is 0 Å². The highest BCUT2D eigenvalue weighted by molar-refractivity contribution is 6.42. The van der Waals surface area contributed by atoms with Crippen molar-refractivity contribution in [2.24, 2.45) is 5.92 Å². The van der Waals surface area contributed by atoms with E-state index >= 15 is 0 Å². The molecule has 1 aromatic heterocycles. The van der Waals surface area contributed by atoms with Crippen LogP contribution in [-0.2, 0) is 20.4 Å². The van der Waals surface area contributed by atoms with E-state index < -0.39 is 22.7 Å². The predicted octanol–water partition coefficient (Wildman–Crippen LogP) is 5.06. The molecule has 0 saturated carbocycles. The van der Waals surface area contributed by atoms with Crippen LogP contribution in [0.15, 0.2) is 54.9 Å². The SMILES string of the molecule is COc1cc(C(=O)N2CCC(CCN3CCC(C(=O)NN4CCC(C(=O)O)C4)(c4ccncc4)CC3)(c3ccc(Cl)c(Cl)c3)C2)cc(OC)c1OC. The highest BCUT2D eigenvalue weighted by atomic mass is 35.5. The number of likely N-dealkylation sites (tertiary alicyclic amines) is 2. The van der Waals surface area contributed by atoms with Gasteiger partial charge in [-0.1, -0.05) is 29.3 Å². The minimum absolute atomic E-state index is 0.117. The summed E-state index contributed by atoms with van der Waals surface area (Å²) < 4.78 is 16.5. The standard InChI is InChI=1S/C38H45Cl2N5O7/c1-50-31-20-26(21-32(51-2)33(31)52-3)34(46)44-19-10-37(24-44,28-4-5-29(39)30(40)22-28)9-16-43-17-11-38(12-18-43,27-6-13-41-14-7-27)36(49)42-45-15-8-25(23-45)35(47)48/h4-7,13-14,20-22,25H,8-12,15-19,23-24H2,1-3H3,(H,42,49)(H,47,48). The number of carboxylic acid groups (broad SMARTS) is 1. The van der Waals surface area contributed by atoms with Gasteiger partial charge < -0.3 is 29.1 Å². The molecule has 6 rings (SSSR count). The van der Waals surface area contributed by atoms with Crippen molar-refractivity contribution in [3.8, 4) is 17.2 Å². The van der Waals surface area contributed by atoms with E-state index in [4.69, 9.17) is 37.4 Å². The summed E-state index contributed by atoms with van der Waals surface area (Å²) in [6.45, 7) is 3.91. The minimum atomic E-state index is -0.844. The molecule has 278 valence electrons. The molecule has 0 radical (unpaired) electrons. The Bertz CT molecular complexity index is 1760. The van der Waals surface area contributed by atoms with Gasteiger partial charge in [0.25, 0.3) is 5.91 Å². The number of carbonyl (C=O) groups excluding carboxylic acids is 2. The Morgan fingerprint density at radius 2 is 1.58 bits per heavy atom. The largest absolute Gasteiger partial charge is 0.493 e. The number of carbonyl (C=O) groups is 3. The maximum atomic E-state index is 14.0. The van der Waals surface area contributed by atoms with E-state index in [9.17, 15) is 19.5 Å². The van der Waals surface area contributed by atoms with Crippen molar-refractivity contribution in [1.82, 2.24) is 25.2 Å². The number of methoxy groups -OCH3 is 3. The van der Waals surface area contributed by atoms with Crippen molar-refractivity contribution in [2.75, 3.05) is 67.1 Å². The van der Waals surface area contributed by atoms with Crippen LogP contribution in [0.5, 0.6) is 17.2 Å². The van der Waals surface area contributed by atoms with Crippen LogP contribution in [0.2, 0.25) is 10.0 Å². The molecule has 14 heteroatoms. The number of nitrogens with one attached hydrogen (secondary N) is 1. The summed E-state index contributed by atoms with van der Waals surface area (Å²) in [5.74, 6) is -0.358. The molecule has 2 atom stereocenters. The van der Waals surface area contributed by atoms with Gasteiger partial charge in [-0.3, -0.25) is 24.8 Å². The number of ether oxygens (including phenoxy) is 3. The zero-order valence-electron chi connectivity index (χ0n) is 29.7. The van der Waals surface area contributed by atoms with E-state index in [1.54, 1.807) is 29.5 Å². The molecule has 4 heterocycles. The lowest BCUT2D eigenvalue weighted by Gasteiger charge is -2.42. The summed E-state index contributed by atoms with van der Waals surface area (Å²) in [4.78, 5) is 48.0. The van der Waals surface area contributed by atoms with Crippen LogP contribution in [0.4, 0.5) is 0 Å². The Morgan fingerprint density at radius 3 is 2.17 bits per heavy atom. The van der Waals surface area contributed by atoms with Crippen LogP contribution in [0.3, 0.4) is 0 Å². The van der Waals surface area contributed by atoms with Crippen LogP contribution >= 0.6 is 23.2 Å². The van der Waals surface area contributed by atoms with Crippen LogP contribution in [0.25, 0.3) is 0 Å². The van der Waals surface area contributed by atoms with Gasteiger partial charge in [0.2, 0.25) is 11.7 Å². The predicted molar refractivity (Wildman–Crippen MR) is 196 cm³/mol. The molecule has 0 aliphatic carbocycles. The topological polar surface area (TPSA) is 134 Å². The molecule has 2 unspecified atom stereocenters. The fourth-order valence-corrected chi connectivity index (χ4v) is 8.30. The molecular weight excluding hydrogens is 709 g/mol. The zero-order chi connectivity index (χ0) is 37.0. The third kappa shape index (κ3) is 7.52. The second kappa shape index (κ2) is 15.9. The van der Waals surface area contributed by atoms with Crippen molar-refractivity contribution in [2.45, 2.75) is 42.9 Å². The molecule has 3 fully saturated rings. The van der Waals surface area contributed by atoms with E-state index in [1.165, 1.54) is 21.3 Å². The van der Waals surface area contributed by atoms with Gasteiger partial charge in [0.1, 0.15) is 0 Å². The highest BCUT2D eigenvalue weighted by Gasteiger charge is 2.46.